The number of fused-ring (bicyclic) bond motifs is 1. The Bertz CT molecular complexity index is 607. The molecule has 2 aromatic rings. The SMILES string of the molecule is CCCN(C(=O)c1csc2ccccc12)C1CCNC1.Cl. The zero-order valence-electron chi connectivity index (χ0n) is 12.2. The second-order valence-corrected chi connectivity index (χ2v) is 6.20. The molecule has 0 saturated carbocycles. The number of amides is 1. The normalized spacial score (nSPS) is 17.7. The third-order valence-electron chi connectivity index (χ3n) is 3.91. The predicted molar refractivity (Wildman–Crippen MR) is 91.7 cm³/mol. The van der Waals surface area contributed by atoms with Crippen molar-refractivity contribution in [2.24, 2.45) is 0 Å². The van der Waals surface area contributed by atoms with Crippen LogP contribution in [0.1, 0.15) is 30.1 Å². The monoisotopic (exact) mass is 324 g/mol. The molecule has 3 nitrogen and oxygen atoms in total. The fraction of sp³-hybridized carbons (Fsp3) is 0.438. The summed E-state index contributed by atoms with van der Waals surface area (Å²) in [5.41, 5.74) is 0.867. The molecular formula is C16H21ClN2OS. The van der Waals surface area contributed by atoms with Crippen LogP contribution in [0.2, 0.25) is 0 Å². The predicted octanol–water partition coefficient (Wildman–Crippen LogP) is 3.54. The van der Waals surface area contributed by atoms with Crippen molar-refractivity contribution in [1.82, 2.24) is 10.2 Å². The topological polar surface area (TPSA) is 32.3 Å². The molecule has 1 N–H and O–H groups in total. The maximum Gasteiger partial charge on any atom is 0.255 e. The highest BCUT2D eigenvalue weighted by molar-refractivity contribution is 7.17. The number of rotatable bonds is 4. The minimum atomic E-state index is 0. The molecule has 2 heterocycles. The van der Waals surface area contributed by atoms with E-state index < -0.39 is 0 Å². The van der Waals surface area contributed by atoms with Crippen LogP contribution in [0.25, 0.3) is 10.1 Å². The van der Waals surface area contributed by atoms with Crippen LogP contribution < -0.4 is 5.32 Å². The third-order valence-corrected chi connectivity index (χ3v) is 4.88. The van der Waals surface area contributed by atoms with Crippen LogP contribution in [0.4, 0.5) is 0 Å². The lowest BCUT2D eigenvalue weighted by Crippen LogP contribution is -2.42. The van der Waals surface area contributed by atoms with E-state index in [1.165, 1.54) is 4.70 Å². The van der Waals surface area contributed by atoms with Gasteiger partial charge in [0.1, 0.15) is 0 Å². The summed E-state index contributed by atoms with van der Waals surface area (Å²) in [5, 5.41) is 6.46. The number of halogens is 1. The van der Waals surface area contributed by atoms with Gasteiger partial charge in [-0.3, -0.25) is 4.79 Å². The van der Waals surface area contributed by atoms with Crippen LogP contribution in [0.5, 0.6) is 0 Å². The lowest BCUT2D eigenvalue weighted by Gasteiger charge is -2.28. The van der Waals surface area contributed by atoms with Crippen molar-refractivity contribution in [2.45, 2.75) is 25.8 Å². The maximum absolute atomic E-state index is 12.9. The number of hydrogen-bond acceptors (Lipinski definition) is 3. The van der Waals surface area contributed by atoms with Crippen molar-refractivity contribution < 1.29 is 4.79 Å². The molecule has 21 heavy (non-hydrogen) atoms. The first kappa shape index (κ1) is 16.3. The fourth-order valence-corrected chi connectivity index (χ4v) is 3.83. The number of thiophene rings is 1. The number of benzene rings is 1. The van der Waals surface area contributed by atoms with Crippen molar-refractivity contribution >= 4 is 39.7 Å². The minimum absolute atomic E-state index is 0. The minimum Gasteiger partial charge on any atom is -0.334 e. The Labute approximate surface area is 135 Å². The zero-order chi connectivity index (χ0) is 13.9. The Morgan fingerprint density at radius 1 is 1.43 bits per heavy atom. The van der Waals surface area contributed by atoms with E-state index in [1.807, 2.05) is 17.5 Å². The summed E-state index contributed by atoms with van der Waals surface area (Å²) in [4.78, 5) is 15.0. The van der Waals surface area contributed by atoms with Gasteiger partial charge in [-0.15, -0.1) is 23.7 Å². The average Bonchev–Trinajstić information content (AvgIpc) is 3.13. The number of nitrogens with zero attached hydrogens (tertiary/aromatic N) is 1. The first-order valence-electron chi connectivity index (χ1n) is 7.29. The zero-order valence-corrected chi connectivity index (χ0v) is 13.8. The molecule has 1 unspecified atom stereocenters. The van der Waals surface area contributed by atoms with Gasteiger partial charge < -0.3 is 10.2 Å². The van der Waals surface area contributed by atoms with Gasteiger partial charge in [0, 0.05) is 34.6 Å². The number of nitrogens with one attached hydrogen (secondary N) is 1. The Morgan fingerprint density at radius 3 is 2.95 bits per heavy atom. The number of hydrogen-bond donors (Lipinski definition) is 1. The highest BCUT2D eigenvalue weighted by Gasteiger charge is 2.27. The lowest BCUT2D eigenvalue weighted by molar-refractivity contribution is 0.0695. The van der Waals surface area contributed by atoms with Crippen LogP contribution in [0.3, 0.4) is 0 Å². The molecule has 1 aliphatic rings. The molecule has 0 bridgehead atoms. The third kappa shape index (κ3) is 3.23. The molecule has 1 atom stereocenters. The summed E-state index contributed by atoms with van der Waals surface area (Å²) in [5.74, 6) is 0.193. The summed E-state index contributed by atoms with van der Waals surface area (Å²) in [7, 11) is 0. The van der Waals surface area contributed by atoms with E-state index in [-0.39, 0.29) is 18.3 Å². The summed E-state index contributed by atoms with van der Waals surface area (Å²) < 4.78 is 1.19. The maximum atomic E-state index is 12.9. The molecular weight excluding hydrogens is 304 g/mol. The smallest absolute Gasteiger partial charge is 0.255 e. The van der Waals surface area contributed by atoms with Crippen LogP contribution in [0, 0.1) is 0 Å². The Balaban J connectivity index is 0.00000161. The largest absolute Gasteiger partial charge is 0.334 e. The lowest BCUT2D eigenvalue weighted by atomic mass is 10.1. The molecule has 1 aliphatic heterocycles. The van der Waals surface area contributed by atoms with Crippen LogP contribution >= 0.6 is 23.7 Å². The van der Waals surface area contributed by atoms with Gasteiger partial charge in [-0.2, -0.15) is 0 Å². The molecule has 0 spiro atoms. The van der Waals surface area contributed by atoms with Gasteiger partial charge in [0.15, 0.2) is 0 Å². The average molecular weight is 325 g/mol. The Hall–Kier alpha value is -1.10. The van der Waals surface area contributed by atoms with E-state index in [9.17, 15) is 4.79 Å². The first-order valence-corrected chi connectivity index (χ1v) is 8.17. The molecule has 5 heteroatoms. The quantitative estimate of drug-likeness (QED) is 0.933. The second-order valence-electron chi connectivity index (χ2n) is 5.29. The van der Waals surface area contributed by atoms with E-state index >= 15 is 0 Å². The van der Waals surface area contributed by atoms with E-state index in [1.54, 1.807) is 11.3 Å². The van der Waals surface area contributed by atoms with Gasteiger partial charge in [0.05, 0.1) is 5.56 Å². The van der Waals surface area contributed by atoms with E-state index in [0.717, 1.165) is 43.4 Å². The number of carbonyl (C=O) groups is 1. The van der Waals surface area contributed by atoms with Crippen LogP contribution in [-0.2, 0) is 0 Å². The van der Waals surface area contributed by atoms with Gasteiger partial charge >= 0.3 is 0 Å². The summed E-state index contributed by atoms with van der Waals surface area (Å²) in [6.07, 6.45) is 2.07. The molecule has 3 rings (SSSR count). The fourth-order valence-electron chi connectivity index (χ4n) is 2.89. The molecule has 1 saturated heterocycles. The van der Waals surface area contributed by atoms with Crippen LogP contribution in [0.15, 0.2) is 29.6 Å². The van der Waals surface area contributed by atoms with Gasteiger partial charge in [0.2, 0.25) is 0 Å². The Kier molecular flexibility index (Phi) is 5.62. The van der Waals surface area contributed by atoms with Gasteiger partial charge in [-0.1, -0.05) is 25.1 Å². The van der Waals surface area contributed by atoms with E-state index in [4.69, 9.17) is 0 Å². The van der Waals surface area contributed by atoms with Gasteiger partial charge in [-0.05, 0) is 25.5 Å². The molecule has 114 valence electrons. The number of carbonyl (C=O) groups excluding carboxylic acids is 1. The first-order chi connectivity index (χ1) is 9.81. The van der Waals surface area contributed by atoms with E-state index in [0.29, 0.717) is 6.04 Å². The molecule has 0 aliphatic carbocycles. The van der Waals surface area contributed by atoms with Crippen molar-refractivity contribution in [3.05, 3.63) is 35.2 Å². The summed E-state index contributed by atoms with van der Waals surface area (Å²) in [6, 6.07) is 8.51. The summed E-state index contributed by atoms with van der Waals surface area (Å²) in [6.45, 7) is 4.92. The molecule has 1 fully saturated rings. The van der Waals surface area contributed by atoms with Crippen molar-refractivity contribution in [3.8, 4) is 0 Å². The highest BCUT2D eigenvalue weighted by atomic mass is 35.5. The van der Waals surface area contributed by atoms with Gasteiger partial charge in [0.25, 0.3) is 5.91 Å². The van der Waals surface area contributed by atoms with Gasteiger partial charge in [-0.25, -0.2) is 0 Å². The highest BCUT2D eigenvalue weighted by Crippen LogP contribution is 2.27. The molecule has 1 aromatic heterocycles. The second kappa shape index (κ2) is 7.25. The molecule has 1 amide bonds. The molecule has 1 aromatic carbocycles. The standard InChI is InChI=1S/C16H20N2OS.ClH/c1-2-9-18(12-7-8-17-10-12)16(19)14-11-20-15-6-4-3-5-13(14)15;/h3-6,11-12,17H,2,7-10H2,1H3;1H. The Morgan fingerprint density at radius 2 is 2.24 bits per heavy atom. The van der Waals surface area contributed by atoms with E-state index in [2.05, 4.69) is 29.3 Å². The van der Waals surface area contributed by atoms with Crippen LogP contribution in [-0.4, -0.2) is 36.5 Å². The summed E-state index contributed by atoms with van der Waals surface area (Å²) >= 11 is 1.66. The van der Waals surface area contributed by atoms with Crippen molar-refractivity contribution in [3.63, 3.8) is 0 Å². The van der Waals surface area contributed by atoms with Crippen molar-refractivity contribution in [1.29, 1.82) is 0 Å². The molecule has 0 radical (unpaired) electrons. The van der Waals surface area contributed by atoms with Crippen molar-refractivity contribution in [2.75, 3.05) is 19.6 Å².